The molecular formula is C17H27NO4S. The molecule has 1 aliphatic heterocycles. The first-order chi connectivity index (χ1) is 11.0. The Kier molecular flexibility index (Phi) is 6.44. The average molecular weight is 341 g/mol. The van der Waals surface area contributed by atoms with Crippen molar-refractivity contribution in [3.63, 3.8) is 0 Å². The summed E-state index contributed by atoms with van der Waals surface area (Å²) >= 11 is 0. The van der Waals surface area contributed by atoms with Crippen molar-refractivity contribution in [3.05, 3.63) is 23.8 Å². The Morgan fingerprint density at radius 3 is 2.57 bits per heavy atom. The largest absolute Gasteiger partial charge is 0.493 e. The molecule has 1 saturated heterocycles. The Bertz CT molecular complexity index is 607. The maximum absolute atomic E-state index is 12.8. The predicted octanol–water partition coefficient (Wildman–Crippen LogP) is 3.01. The van der Waals surface area contributed by atoms with Gasteiger partial charge in [-0.25, -0.2) is 8.42 Å². The van der Waals surface area contributed by atoms with E-state index in [4.69, 9.17) is 9.47 Å². The van der Waals surface area contributed by atoms with Crippen molar-refractivity contribution in [2.24, 2.45) is 0 Å². The number of sulfonamides is 1. The van der Waals surface area contributed by atoms with E-state index in [9.17, 15) is 8.42 Å². The summed E-state index contributed by atoms with van der Waals surface area (Å²) in [5, 5.41) is 0. The van der Waals surface area contributed by atoms with E-state index in [1.165, 1.54) is 4.31 Å². The van der Waals surface area contributed by atoms with Crippen LogP contribution in [0.4, 0.5) is 0 Å². The van der Waals surface area contributed by atoms with E-state index in [0.29, 0.717) is 37.8 Å². The molecule has 0 aromatic heterocycles. The lowest BCUT2D eigenvalue weighted by Crippen LogP contribution is -2.40. The van der Waals surface area contributed by atoms with Gasteiger partial charge in [0.1, 0.15) is 5.75 Å². The zero-order valence-electron chi connectivity index (χ0n) is 14.2. The Labute approximate surface area is 139 Å². The van der Waals surface area contributed by atoms with Gasteiger partial charge in [-0.05, 0) is 36.1 Å². The van der Waals surface area contributed by atoms with E-state index >= 15 is 0 Å². The normalized spacial score (nSPS) is 16.7. The van der Waals surface area contributed by atoms with Gasteiger partial charge < -0.3 is 9.47 Å². The van der Waals surface area contributed by atoms with E-state index in [-0.39, 0.29) is 5.92 Å². The molecule has 1 aliphatic rings. The third kappa shape index (κ3) is 4.46. The van der Waals surface area contributed by atoms with Crippen molar-refractivity contribution >= 4 is 10.0 Å². The second-order valence-electron chi connectivity index (χ2n) is 6.07. The van der Waals surface area contributed by atoms with Crippen molar-refractivity contribution in [1.29, 1.82) is 0 Å². The van der Waals surface area contributed by atoms with Gasteiger partial charge in [0, 0.05) is 13.1 Å². The van der Waals surface area contributed by atoms with E-state index in [1.807, 2.05) is 13.8 Å². The molecule has 0 aliphatic carbocycles. The smallest absolute Gasteiger partial charge is 0.243 e. The second-order valence-corrected chi connectivity index (χ2v) is 8.01. The number of hydrogen-bond donors (Lipinski definition) is 0. The predicted molar refractivity (Wildman–Crippen MR) is 90.5 cm³/mol. The van der Waals surface area contributed by atoms with E-state index in [0.717, 1.165) is 24.2 Å². The highest BCUT2D eigenvalue weighted by atomic mass is 32.2. The monoisotopic (exact) mass is 341 g/mol. The van der Waals surface area contributed by atoms with E-state index < -0.39 is 10.0 Å². The number of ether oxygens (including phenoxy) is 2. The molecule has 0 N–H and O–H groups in total. The van der Waals surface area contributed by atoms with Gasteiger partial charge >= 0.3 is 0 Å². The molecule has 5 nitrogen and oxygen atoms in total. The van der Waals surface area contributed by atoms with Crippen LogP contribution >= 0.6 is 0 Å². The van der Waals surface area contributed by atoms with Gasteiger partial charge in [0.15, 0.2) is 0 Å². The quantitative estimate of drug-likeness (QED) is 0.716. The fraction of sp³-hybridized carbons (Fsp3) is 0.647. The summed E-state index contributed by atoms with van der Waals surface area (Å²) in [6, 6.07) is 5.20. The van der Waals surface area contributed by atoms with Crippen molar-refractivity contribution in [2.75, 3.05) is 32.9 Å². The zero-order chi connectivity index (χ0) is 16.9. The van der Waals surface area contributed by atoms with Crippen LogP contribution < -0.4 is 4.74 Å². The highest BCUT2D eigenvalue weighted by Gasteiger charge is 2.27. The van der Waals surface area contributed by atoms with Crippen molar-refractivity contribution in [1.82, 2.24) is 4.31 Å². The SMILES string of the molecule is CCCCOc1ccc(S(=O)(=O)N2CCOCC2)cc1C(C)C. The molecule has 2 rings (SSSR count). The molecular weight excluding hydrogens is 314 g/mol. The Morgan fingerprint density at radius 2 is 1.96 bits per heavy atom. The first kappa shape index (κ1) is 18.2. The van der Waals surface area contributed by atoms with Crippen LogP contribution in [0.15, 0.2) is 23.1 Å². The van der Waals surface area contributed by atoms with Crippen LogP contribution in [0.2, 0.25) is 0 Å². The highest BCUT2D eigenvalue weighted by Crippen LogP contribution is 2.30. The molecule has 130 valence electrons. The molecule has 0 spiro atoms. The first-order valence-corrected chi connectivity index (χ1v) is 9.75. The fourth-order valence-corrected chi connectivity index (χ4v) is 3.98. The third-order valence-electron chi connectivity index (χ3n) is 3.97. The van der Waals surface area contributed by atoms with E-state index in [2.05, 4.69) is 6.92 Å². The molecule has 1 heterocycles. The van der Waals surface area contributed by atoms with E-state index in [1.54, 1.807) is 18.2 Å². The summed E-state index contributed by atoms with van der Waals surface area (Å²) < 4.78 is 38.1. The highest BCUT2D eigenvalue weighted by molar-refractivity contribution is 7.89. The lowest BCUT2D eigenvalue weighted by molar-refractivity contribution is 0.0730. The van der Waals surface area contributed by atoms with Gasteiger partial charge in [-0.15, -0.1) is 0 Å². The van der Waals surface area contributed by atoms with Crippen LogP contribution in [-0.4, -0.2) is 45.6 Å². The molecule has 0 unspecified atom stereocenters. The lowest BCUT2D eigenvalue weighted by Gasteiger charge is -2.26. The Morgan fingerprint density at radius 1 is 1.26 bits per heavy atom. The molecule has 0 saturated carbocycles. The second kappa shape index (κ2) is 8.13. The first-order valence-electron chi connectivity index (χ1n) is 8.31. The number of benzene rings is 1. The number of unbranched alkanes of at least 4 members (excludes halogenated alkanes) is 1. The Hall–Kier alpha value is -1.11. The lowest BCUT2D eigenvalue weighted by atomic mass is 10.0. The average Bonchev–Trinajstić information content (AvgIpc) is 2.56. The maximum atomic E-state index is 12.8. The topological polar surface area (TPSA) is 55.8 Å². The summed E-state index contributed by atoms with van der Waals surface area (Å²) in [6.45, 7) is 8.60. The molecule has 0 amide bonds. The molecule has 1 fully saturated rings. The Balaban J connectivity index is 2.27. The third-order valence-corrected chi connectivity index (χ3v) is 5.86. The molecule has 0 bridgehead atoms. The van der Waals surface area contributed by atoms with Gasteiger partial charge in [0.25, 0.3) is 0 Å². The summed E-state index contributed by atoms with van der Waals surface area (Å²) in [7, 11) is -3.46. The van der Waals surface area contributed by atoms with Crippen LogP contribution in [-0.2, 0) is 14.8 Å². The summed E-state index contributed by atoms with van der Waals surface area (Å²) in [6.07, 6.45) is 2.06. The van der Waals surface area contributed by atoms with Crippen LogP contribution in [0, 0.1) is 0 Å². The van der Waals surface area contributed by atoms with Gasteiger partial charge in [-0.2, -0.15) is 4.31 Å². The van der Waals surface area contributed by atoms with Crippen LogP contribution in [0.3, 0.4) is 0 Å². The number of morpholine rings is 1. The standard InChI is InChI=1S/C17H27NO4S/c1-4-5-10-22-17-7-6-15(13-16(17)14(2)3)23(19,20)18-8-11-21-12-9-18/h6-7,13-14H,4-5,8-12H2,1-3H3. The molecule has 6 heteroatoms. The van der Waals surface area contributed by atoms with Crippen LogP contribution in [0.25, 0.3) is 0 Å². The molecule has 1 aromatic rings. The number of hydrogen-bond acceptors (Lipinski definition) is 4. The van der Waals surface area contributed by atoms with Crippen LogP contribution in [0.5, 0.6) is 5.75 Å². The summed E-state index contributed by atoms with van der Waals surface area (Å²) in [5.74, 6) is 0.987. The maximum Gasteiger partial charge on any atom is 0.243 e. The summed E-state index contributed by atoms with van der Waals surface area (Å²) in [4.78, 5) is 0.339. The van der Waals surface area contributed by atoms with Crippen LogP contribution in [0.1, 0.15) is 45.1 Å². The fourth-order valence-electron chi connectivity index (χ4n) is 2.53. The van der Waals surface area contributed by atoms with Gasteiger partial charge in [0.05, 0.1) is 24.7 Å². The molecule has 0 atom stereocenters. The minimum absolute atomic E-state index is 0.200. The molecule has 1 aromatic carbocycles. The minimum Gasteiger partial charge on any atom is -0.493 e. The number of nitrogens with zero attached hydrogens (tertiary/aromatic N) is 1. The van der Waals surface area contributed by atoms with Crippen molar-refractivity contribution in [3.8, 4) is 5.75 Å². The van der Waals surface area contributed by atoms with Gasteiger partial charge in [-0.1, -0.05) is 27.2 Å². The minimum atomic E-state index is -3.46. The van der Waals surface area contributed by atoms with Crippen molar-refractivity contribution in [2.45, 2.75) is 44.4 Å². The van der Waals surface area contributed by atoms with Gasteiger partial charge in [0.2, 0.25) is 10.0 Å². The van der Waals surface area contributed by atoms with Crippen molar-refractivity contribution < 1.29 is 17.9 Å². The summed E-state index contributed by atoms with van der Waals surface area (Å²) in [5.41, 5.74) is 0.940. The molecule has 0 radical (unpaired) electrons. The number of rotatable bonds is 7. The zero-order valence-corrected chi connectivity index (χ0v) is 15.1. The van der Waals surface area contributed by atoms with Gasteiger partial charge in [-0.3, -0.25) is 0 Å². The molecule has 23 heavy (non-hydrogen) atoms.